The highest BCUT2D eigenvalue weighted by atomic mass is 79.9. The molecule has 4 aromatic rings. The lowest BCUT2D eigenvalue weighted by Gasteiger charge is -2.09. The molecule has 0 radical (unpaired) electrons. The van der Waals surface area contributed by atoms with Crippen molar-refractivity contribution in [2.24, 2.45) is 5.10 Å². The summed E-state index contributed by atoms with van der Waals surface area (Å²) in [5.41, 5.74) is 1.50. The van der Waals surface area contributed by atoms with Gasteiger partial charge in [0, 0.05) is 22.5 Å². The van der Waals surface area contributed by atoms with Crippen molar-refractivity contribution in [2.75, 3.05) is 0 Å². The van der Waals surface area contributed by atoms with Crippen LogP contribution in [0.3, 0.4) is 0 Å². The number of aryl methyl sites for hydroxylation is 1. The van der Waals surface area contributed by atoms with Gasteiger partial charge in [0.05, 0.1) is 22.0 Å². The fourth-order valence-corrected chi connectivity index (χ4v) is 3.91. The van der Waals surface area contributed by atoms with Gasteiger partial charge in [-0.1, -0.05) is 59.6 Å². The SMILES string of the molecule is CCCCc1nc2ccc(Br)cc2c(=O)n1N=Cc1ccc(OCc2ccccc2)c([N+](=O)[O-])c1. The van der Waals surface area contributed by atoms with E-state index in [1.807, 2.05) is 36.4 Å². The molecule has 0 fully saturated rings. The lowest BCUT2D eigenvalue weighted by Crippen LogP contribution is -2.22. The lowest BCUT2D eigenvalue weighted by atomic mass is 10.2. The van der Waals surface area contributed by atoms with E-state index in [1.54, 1.807) is 24.3 Å². The van der Waals surface area contributed by atoms with Crippen molar-refractivity contribution in [1.82, 2.24) is 9.66 Å². The molecule has 8 nitrogen and oxygen atoms in total. The Morgan fingerprint density at radius 3 is 2.69 bits per heavy atom. The number of unbranched alkanes of at least 4 members (excludes halogenated alkanes) is 1. The molecule has 0 aliphatic carbocycles. The third-order valence-electron chi connectivity index (χ3n) is 5.37. The number of nitro benzene ring substituents is 1. The summed E-state index contributed by atoms with van der Waals surface area (Å²) in [5.74, 6) is 0.703. The summed E-state index contributed by atoms with van der Waals surface area (Å²) in [5, 5.41) is 16.5. The second kappa shape index (κ2) is 11.1. The van der Waals surface area contributed by atoms with Crippen LogP contribution < -0.4 is 10.3 Å². The average Bonchev–Trinajstić information content (AvgIpc) is 2.87. The quantitative estimate of drug-likeness (QED) is 0.152. The van der Waals surface area contributed by atoms with Gasteiger partial charge in [0.25, 0.3) is 5.56 Å². The molecule has 0 bridgehead atoms. The maximum atomic E-state index is 13.2. The fourth-order valence-electron chi connectivity index (χ4n) is 3.55. The minimum atomic E-state index is -0.494. The molecule has 0 saturated heterocycles. The molecule has 178 valence electrons. The van der Waals surface area contributed by atoms with Crippen LogP contribution in [0.5, 0.6) is 5.75 Å². The van der Waals surface area contributed by atoms with Crippen LogP contribution in [0.25, 0.3) is 10.9 Å². The third kappa shape index (κ3) is 5.81. The average molecular weight is 535 g/mol. The summed E-state index contributed by atoms with van der Waals surface area (Å²) in [7, 11) is 0. The minimum Gasteiger partial charge on any atom is -0.482 e. The van der Waals surface area contributed by atoms with Crippen molar-refractivity contribution in [1.29, 1.82) is 0 Å². The van der Waals surface area contributed by atoms with Gasteiger partial charge in [-0.05, 0) is 42.3 Å². The molecule has 3 aromatic carbocycles. The maximum absolute atomic E-state index is 13.2. The molecule has 0 unspecified atom stereocenters. The van der Waals surface area contributed by atoms with E-state index in [0.29, 0.717) is 28.7 Å². The summed E-state index contributed by atoms with van der Waals surface area (Å²) in [6.07, 6.45) is 3.80. The number of nitrogens with zero attached hydrogens (tertiary/aromatic N) is 4. The number of benzene rings is 3. The van der Waals surface area contributed by atoms with E-state index >= 15 is 0 Å². The van der Waals surface area contributed by atoms with Crippen molar-refractivity contribution in [3.8, 4) is 5.75 Å². The lowest BCUT2D eigenvalue weighted by molar-refractivity contribution is -0.385. The topological polar surface area (TPSA) is 99.6 Å². The molecule has 0 saturated carbocycles. The highest BCUT2D eigenvalue weighted by Crippen LogP contribution is 2.28. The summed E-state index contributed by atoms with van der Waals surface area (Å²) in [4.78, 5) is 29.0. The van der Waals surface area contributed by atoms with Crippen LogP contribution >= 0.6 is 15.9 Å². The molecular weight excluding hydrogens is 512 g/mol. The second-order valence-electron chi connectivity index (χ2n) is 7.91. The Hall–Kier alpha value is -3.85. The van der Waals surface area contributed by atoms with Crippen LogP contribution in [0.15, 0.2) is 81.1 Å². The number of hydrogen-bond donors (Lipinski definition) is 0. The van der Waals surface area contributed by atoms with Crippen LogP contribution in [0.2, 0.25) is 0 Å². The standard InChI is InChI=1S/C26H23BrN4O4/c1-2-3-9-25-29-22-12-11-20(27)15-21(22)26(32)30(25)28-16-19-10-13-24(23(14-19)31(33)34)35-17-18-7-5-4-6-8-18/h4-8,10-16H,2-3,9,17H2,1H3. The highest BCUT2D eigenvalue weighted by molar-refractivity contribution is 9.10. The highest BCUT2D eigenvalue weighted by Gasteiger charge is 2.16. The van der Waals surface area contributed by atoms with Crippen molar-refractivity contribution < 1.29 is 9.66 Å². The van der Waals surface area contributed by atoms with Gasteiger partial charge >= 0.3 is 5.69 Å². The number of nitro groups is 1. The first kappa shape index (κ1) is 24.3. The Kier molecular flexibility index (Phi) is 7.67. The van der Waals surface area contributed by atoms with E-state index < -0.39 is 4.92 Å². The smallest absolute Gasteiger partial charge is 0.311 e. The number of aromatic nitrogens is 2. The van der Waals surface area contributed by atoms with Gasteiger partial charge in [-0.15, -0.1) is 0 Å². The Balaban J connectivity index is 1.67. The zero-order valence-corrected chi connectivity index (χ0v) is 20.6. The van der Waals surface area contributed by atoms with Crippen LogP contribution in [-0.4, -0.2) is 20.8 Å². The van der Waals surface area contributed by atoms with Gasteiger partial charge in [-0.25, -0.2) is 4.98 Å². The van der Waals surface area contributed by atoms with Crippen LogP contribution in [0.4, 0.5) is 5.69 Å². The van der Waals surface area contributed by atoms with Crippen molar-refractivity contribution in [3.05, 3.63) is 109 Å². The largest absolute Gasteiger partial charge is 0.482 e. The number of halogens is 1. The van der Waals surface area contributed by atoms with E-state index in [-0.39, 0.29) is 23.6 Å². The molecule has 0 amide bonds. The molecule has 1 heterocycles. The predicted octanol–water partition coefficient (Wildman–Crippen LogP) is 5.87. The van der Waals surface area contributed by atoms with Crippen LogP contribution in [0.1, 0.15) is 36.7 Å². The molecule has 0 N–H and O–H groups in total. The summed E-state index contributed by atoms with van der Waals surface area (Å²) < 4.78 is 7.73. The third-order valence-corrected chi connectivity index (χ3v) is 5.86. The van der Waals surface area contributed by atoms with E-state index in [4.69, 9.17) is 4.74 Å². The number of rotatable bonds is 9. The molecule has 4 rings (SSSR count). The van der Waals surface area contributed by atoms with Crippen molar-refractivity contribution in [3.63, 3.8) is 0 Å². The Labute approximate surface area is 210 Å². The predicted molar refractivity (Wildman–Crippen MR) is 139 cm³/mol. The van der Waals surface area contributed by atoms with Gasteiger partial charge in [0.2, 0.25) is 0 Å². The van der Waals surface area contributed by atoms with Crippen molar-refractivity contribution in [2.45, 2.75) is 32.8 Å². The molecule has 1 aromatic heterocycles. The normalized spacial score (nSPS) is 11.3. The van der Waals surface area contributed by atoms with Crippen molar-refractivity contribution >= 4 is 38.7 Å². The zero-order valence-electron chi connectivity index (χ0n) is 19.1. The van der Waals surface area contributed by atoms with Gasteiger partial charge in [0.1, 0.15) is 12.4 Å². The summed E-state index contributed by atoms with van der Waals surface area (Å²) >= 11 is 3.39. The summed E-state index contributed by atoms with van der Waals surface area (Å²) in [6.45, 7) is 2.27. The molecular formula is C26H23BrN4O4. The summed E-state index contributed by atoms with van der Waals surface area (Å²) in [6, 6.07) is 19.4. The van der Waals surface area contributed by atoms with Gasteiger partial charge in [-0.2, -0.15) is 9.78 Å². The fraction of sp³-hybridized carbons (Fsp3) is 0.192. The number of hydrogen-bond acceptors (Lipinski definition) is 6. The zero-order chi connectivity index (χ0) is 24.8. The van der Waals surface area contributed by atoms with Gasteiger partial charge in [-0.3, -0.25) is 14.9 Å². The van der Waals surface area contributed by atoms with E-state index in [1.165, 1.54) is 17.0 Å². The molecule has 0 aliphatic heterocycles. The second-order valence-corrected chi connectivity index (χ2v) is 8.83. The molecule has 0 atom stereocenters. The minimum absolute atomic E-state index is 0.161. The molecule has 9 heteroatoms. The molecule has 35 heavy (non-hydrogen) atoms. The number of ether oxygens (including phenoxy) is 1. The Morgan fingerprint density at radius 1 is 1.14 bits per heavy atom. The van der Waals surface area contributed by atoms with Crippen LogP contribution in [0, 0.1) is 10.1 Å². The van der Waals surface area contributed by atoms with Gasteiger partial charge in [0.15, 0.2) is 5.75 Å². The maximum Gasteiger partial charge on any atom is 0.311 e. The molecule has 0 aliphatic rings. The Morgan fingerprint density at radius 2 is 1.94 bits per heavy atom. The number of fused-ring (bicyclic) bond motifs is 1. The first-order valence-electron chi connectivity index (χ1n) is 11.2. The van der Waals surface area contributed by atoms with Crippen LogP contribution in [-0.2, 0) is 13.0 Å². The van der Waals surface area contributed by atoms with E-state index in [9.17, 15) is 14.9 Å². The Bertz CT molecular complexity index is 1450. The first-order chi connectivity index (χ1) is 17.0. The molecule has 0 spiro atoms. The first-order valence-corrected chi connectivity index (χ1v) is 12.0. The monoisotopic (exact) mass is 534 g/mol. The van der Waals surface area contributed by atoms with Gasteiger partial charge < -0.3 is 4.74 Å². The van der Waals surface area contributed by atoms with E-state index in [2.05, 4.69) is 32.9 Å². The van der Waals surface area contributed by atoms with E-state index in [0.717, 1.165) is 22.9 Å².